The van der Waals surface area contributed by atoms with E-state index in [1.807, 2.05) is 6.07 Å². The molecule has 7 heteroatoms. The molecule has 0 aromatic carbocycles. The molecule has 0 aliphatic heterocycles. The zero-order valence-electron chi connectivity index (χ0n) is 12.1. The Morgan fingerprint density at radius 3 is 2.67 bits per heavy atom. The Balaban J connectivity index is 2.94. The van der Waals surface area contributed by atoms with Gasteiger partial charge in [0.25, 0.3) is 5.91 Å². The summed E-state index contributed by atoms with van der Waals surface area (Å²) in [5.74, 6) is -1.55. The second-order valence-corrected chi connectivity index (χ2v) is 4.96. The van der Waals surface area contributed by atoms with Crippen molar-refractivity contribution in [1.29, 1.82) is 5.26 Å². The maximum Gasteiger partial charge on any atom is 0.305 e. The molecule has 1 aromatic rings. The van der Waals surface area contributed by atoms with Crippen LogP contribution >= 0.6 is 0 Å². The highest BCUT2D eigenvalue weighted by molar-refractivity contribution is 5.93. The van der Waals surface area contributed by atoms with E-state index in [1.54, 1.807) is 13.8 Å². The number of nitrogens with one attached hydrogen (secondary N) is 1. The van der Waals surface area contributed by atoms with Gasteiger partial charge in [0.2, 0.25) is 0 Å². The first-order valence-corrected chi connectivity index (χ1v) is 6.22. The van der Waals surface area contributed by atoms with Crippen LogP contribution < -0.4 is 5.32 Å². The first-order valence-electron chi connectivity index (χ1n) is 6.22. The van der Waals surface area contributed by atoms with Crippen molar-refractivity contribution in [3.63, 3.8) is 0 Å². The maximum absolute atomic E-state index is 12.2. The number of ether oxygens (including phenoxy) is 1. The number of carboxylic acids is 1. The molecule has 1 rings (SSSR count). The average molecular weight is 291 g/mol. The van der Waals surface area contributed by atoms with Gasteiger partial charge in [-0.05, 0) is 26.0 Å². The van der Waals surface area contributed by atoms with Crippen molar-refractivity contribution in [2.45, 2.75) is 25.8 Å². The number of nitriles is 1. The first-order chi connectivity index (χ1) is 9.81. The summed E-state index contributed by atoms with van der Waals surface area (Å²) in [6.07, 6.45) is -0.276. The number of aryl methyl sites for hydroxylation is 1. The van der Waals surface area contributed by atoms with E-state index in [4.69, 9.17) is 15.1 Å². The number of hydrogen-bond donors (Lipinski definition) is 2. The highest BCUT2D eigenvalue weighted by Crippen LogP contribution is 2.12. The lowest BCUT2D eigenvalue weighted by molar-refractivity contribution is -0.139. The predicted octanol–water partition coefficient (Wildman–Crippen LogP) is 0.871. The molecule has 112 valence electrons. The molecule has 0 aliphatic carbocycles. The molecule has 1 unspecified atom stereocenters. The summed E-state index contributed by atoms with van der Waals surface area (Å²) in [5, 5.41) is 20.4. The van der Waals surface area contributed by atoms with Crippen molar-refractivity contribution >= 4 is 11.9 Å². The van der Waals surface area contributed by atoms with E-state index in [2.05, 4.69) is 10.3 Å². The number of carboxylic acid groups (broad SMARTS) is 1. The van der Waals surface area contributed by atoms with Crippen molar-refractivity contribution in [3.05, 3.63) is 29.1 Å². The van der Waals surface area contributed by atoms with Gasteiger partial charge in [0.05, 0.1) is 29.8 Å². The lowest BCUT2D eigenvalue weighted by Crippen LogP contribution is -2.51. The SMILES string of the molecule is COCC(C)(CC(=O)O)NC(=O)c1ccc(C#N)c(C)n1. The molecule has 2 N–H and O–H groups in total. The fraction of sp³-hybridized carbons (Fsp3) is 0.429. The summed E-state index contributed by atoms with van der Waals surface area (Å²) in [7, 11) is 1.43. The minimum Gasteiger partial charge on any atom is -0.481 e. The van der Waals surface area contributed by atoms with Gasteiger partial charge >= 0.3 is 5.97 Å². The summed E-state index contributed by atoms with van der Waals surface area (Å²) in [6, 6.07) is 4.89. The Morgan fingerprint density at radius 2 is 2.19 bits per heavy atom. The molecule has 1 heterocycles. The van der Waals surface area contributed by atoms with Gasteiger partial charge in [-0.1, -0.05) is 0 Å². The normalized spacial score (nSPS) is 13.0. The zero-order valence-corrected chi connectivity index (χ0v) is 12.1. The Kier molecular flexibility index (Phi) is 5.38. The minimum atomic E-state index is -1.04. The third-order valence-corrected chi connectivity index (χ3v) is 2.86. The fourth-order valence-electron chi connectivity index (χ4n) is 1.93. The van der Waals surface area contributed by atoms with E-state index in [0.29, 0.717) is 11.3 Å². The van der Waals surface area contributed by atoms with Crippen molar-refractivity contribution < 1.29 is 19.4 Å². The van der Waals surface area contributed by atoms with Crippen molar-refractivity contribution in [3.8, 4) is 6.07 Å². The number of aromatic nitrogens is 1. The van der Waals surface area contributed by atoms with E-state index in [0.717, 1.165) is 0 Å². The Bertz CT molecular complexity index is 594. The molecule has 7 nitrogen and oxygen atoms in total. The molecule has 0 saturated heterocycles. The number of amides is 1. The molecule has 1 amide bonds. The highest BCUT2D eigenvalue weighted by Gasteiger charge is 2.30. The molecule has 0 radical (unpaired) electrons. The molecular formula is C14H17N3O4. The van der Waals surface area contributed by atoms with Gasteiger partial charge in [-0.25, -0.2) is 4.98 Å². The van der Waals surface area contributed by atoms with Crippen LogP contribution in [0.25, 0.3) is 0 Å². The summed E-state index contributed by atoms with van der Waals surface area (Å²) in [5.41, 5.74) is -0.0889. The molecule has 0 saturated carbocycles. The number of carbonyl (C=O) groups is 2. The van der Waals surface area contributed by atoms with Crippen LogP contribution in [0, 0.1) is 18.3 Å². The van der Waals surface area contributed by atoms with Crippen LogP contribution in [-0.2, 0) is 9.53 Å². The van der Waals surface area contributed by atoms with Gasteiger partial charge in [-0.2, -0.15) is 5.26 Å². The molecule has 1 aromatic heterocycles. The minimum absolute atomic E-state index is 0.0559. The van der Waals surface area contributed by atoms with Gasteiger partial charge in [-0.3, -0.25) is 9.59 Å². The van der Waals surface area contributed by atoms with Gasteiger partial charge in [-0.15, -0.1) is 0 Å². The van der Waals surface area contributed by atoms with Crippen LogP contribution in [0.4, 0.5) is 0 Å². The quantitative estimate of drug-likeness (QED) is 0.804. The lowest BCUT2D eigenvalue weighted by Gasteiger charge is -2.28. The Morgan fingerprint density at radius 1 is 1.52 bits per heavy atom. The molecule has 1 atom stereocenters. The molecule has 21 heavy (non-hydrogen) atoms. The van der Waals surface area contributed by atoms with Crippen molar-refractivity contribution in [2.75, 3.05) is 13.7 Å². The van der Waals surface area contributed by atoms with E-state index >= 15 is 0 Å². The van der Waals surface area contributed by atoms with E-state index in [-0.39, 0.29) is 18.7 Å². The second-order valence-electron chi connectivity index (χ2n) is 4.96. The largest absolute Gasteiger partial charge is 0.481 e. The number of aliphatic carboxylic acids is 1. The van der Waals surface area contributed by atoms with Gasteiger partial charge < -0.3 is 15.2 Å². The first kappa shape index (κ1) is 16.6. The Hall–Kier alpha value is -2.46. The van der Waals surface area contributed by atoms with Crippen LogP contribution in [0.3, 0.4) is 0 Å². The molecule has 0 bridgehead atoms. The summed E-state index contributed by atoms with van der Waals surface area (Å²) >= 11 is 0. The topological polar surface area (TPSA) is 112 Å². The van der Waals surface area contributed by atoms with Gasteiger partial charge in [0.15, 0.2) is 0 Å². The lowest BCUT2D eigenvalue weighted by atomic mass is 9.98. The second kappa shape index (κ2) is 6.81. The Labute approximate surface area is 122 Å². The smallest absolute Gasteiger partial charge is 0.305 e. The predicted molar refractivity (Wildman–Crippen MR) is 73.7 cm³/mol. The van der Waals surface area contributed by atoms with E-state index < -0.39 is 17.4 Å². The van der Waals surface area contributed by atoms with Crippen LogP contribution in [-0.4, -0.2) is 41.2 Å². The van der Waals surface area contributed by atoms with Crippen LogP contribution in [0.15, 0.2) is 12.1 Å². The summed E-state index contributed by atoms with van der Waals surface area (Å²) < 4.78 is 4.96. The number of nitrogens with zero attached hydrogens (tertiary/aromatic N) is 2. The van der Waals surface area contributed by atoms with Crippen molar-refractivity contribution in [2.24, 2.45) is 0 Å². The molecular weight excluding hydrogens is 274 g/mol. The van der Waals surface area contributed by atoms with Crippen LogP contribution in [0.1, 0.15) is 35.1 Å². The number of pyridine rings is 1. The monoisotopic (exact) mass is 291 g/mol. The van der Waals surface area contributed by atoms with E-state index in [1.165, 1.54) is 19.2 Å². The zero-order chi connectivity index (χ0) is 16.0. The summed E-state index contributed by atoms with van der Waals surface area (Å²) in [4.78, 5) is 27.1. The standard InChI is InChI=1S/C14H17N3O4/c1-9-10(7-15)4-5-11(16-9)13(20)17-14(2,8-21-3)6-12(18)19/h4-5H,6,8H2,1-3H3,(H,17,20)(H,18,19). The molecule has 0 spiro atoms. The van der Waals surface area contributed by atoms with E-state index in [9.17, 15) is 9.59 Å². The van der Waals surface area contributed by atoms with Gasteiger partial charge in [0.1, 0.15) is 11.8 Å². The number of rotatable bonds is 6. The third kappa shape index (κ3) is 4.54. The highest BCUT2D eigenvalue weighted by atomic mass is 16.5. The number of carbonyl (C=O) groups excluding carboxylic acids is 1. The molecule has 0 aliphatic rings. The summed E-state index contributed by atoms with van der Waals surface area (Å²) in [6.45, 7) is 3.26. The average Bonchev–Trinajstić information content (AvgIpc) is 2.37. The van der Waals surface area contributed by atoms with Crippen LogP contribution in [0.5, 0.6) is 0 Å². The third-order valence-electron chi connectivity index (χ3n) is 2.86. The van der Waals surface area contributed by atoms with Gasteiger partial charge in [0, 0.05) is 7.11 Å². The van der Waals surface area contributed by atoms with Crippen molar-refractivity contribution in [1.82, 2.24) is 10.3 Å². The number of methoxy groups -OCH3 is 1. The maximum atomic E-state index is 12.2. The number of hydrogen-bond acceptors (Lipinski definition) is 5. The fourth-order valence-corrected chi connectivity index (χ4v) is 1.93. The molecule has 0 fully saturated rings. The van der Waals surface area contributed by atoms with Crippen LogP contribution in [0.2, 0.25) is 0 Å².